The topological polar surface area (TPSA) is 9.23 Å². The van der Waals surface area contributed by atoms with Gasteiger partial charge in [0.2, 0.25) is 0 Å². The summed E-state index contributed by atoms with van der Waals surface area (Å²) in [5.74, 6) is 6.73. The van der Waals surface area contributed by atoms with E-state index in [0.29, 0.717) is 5.92 Å². The minimum Gasteiger partial charge on any atom is -0.389 e. The van der Waals surface area contributed by atoms with E-state index in [2.05, 4.69) is 46.1 Å². The molecule has 0 heterocycles. The van der Waals surface area contributed by atoms with E-state index in [1.165, 1.54) is 0 Å². The van der Waals surface area contributed by atoms with Gasteiger partial charge in [-0.1, -0.05) is 46.1 Å². The normalized spacial score (nSPS) is 13.1. The average Bonchev–Trinajstić information content (AvgIpc) is 2.25. The standard InChI is InChI=1S/C14H25ClOSi/c1-7-17(15,8-2)16-14(11-13(5)6)10-9-12(3)4/h13-14H,3,7-8,11H2,1-2,4-6H3. The maximum atomic E-state index is 6.53. The fourth-order valence-electron chi connectivity index (χ4n) is 1.44. The van der Waals surface area contributed by atoms with Gasteiger partial charge in [0.15, 0.2) is 0 Å². The Labute approximate surface area is 112 Å². The Kier molecular flexibility index (Phi) is 7.86. The van der Waals surface area contributed by atoms with E-state index in [1.54, 1.807) is 0 Å². The molecule has 0 saturated carbocycles. The van der Waals surface area contributed by atoms with Crippen LogP contribution in [0.25, 0.3) is 0 Å². The fourth-order valence-corrected chi connectivity index (χ4v) is 3.26. The maximum absolute atomic E-state index is 6.53. The third-order valence-electron chi connectivity index (χ3n) is 2.54. The largest absolute Gasteiger partial charge is 0.389 e. The monoisotopic (exact) mass is 272 g/mol. The molecule has 0 N–H and O–H groups in total. The van der Waals surface area contributed by atoms with Gasteiger partial charge in [-0.15, -0.1) is 11.1 Å². The van der Waals surface area contributed by atoms with Crippen LogP contribution < -0.4 is 0 Å². The van der Waals surface area contributed by atoms with Crippen LogP contribution >= 0.6 is 11.1 Å². The summed E-state index contributed by atoms with van der Waals surface area (Å²) in [6.45, 7) is 14.2. The fraction of sp³-hybridized carbons (Fsp3) is 0.714. The molecule has 1 unspecified atom stereocenters. The minimum absolute atomic E-state index is 0.0456. The van der Waals surface area contributed by atoms with Gasteiger partial charge in [-0.25, -0.2) is 0 Å². The van der Waals surface area contributed by atoms with Crippen molar-refractivity contribution in [3.63, 3.8) is 0 Å². The molecule has 0 aromatic carbocycles. The average molecular weight is 273 g/mol. The Morgan fingerprint density at radius 1 is 1.35 bits per heavy atom. The highest BCUT2D eigenvalue weighted by molar-refractivity contribution is 7.16. The highest BCUT2D eigenvalue weighted by atomic mass is 35.6. The van der Waals surface area contributed by atoms with E-state index < -0.39 is 7.63 Å². The van der Waals surface area contributed by atoms with Crippen LogP contribution in [-0.2, 0) is 4.43 Å². The molecule has 0 bridgehead atoms. The highest BCUT2D eigenvalue weighted by Gasteiger charge is 2.31. The van der Waals surface area contributed by atoms with Gasteiger partial charge in [0.05, 0.1) is 0 Å². The van der Waals surface area contributed by atoms with Crippen molar-refractivity contribution in [1.82, 2.24) is 0 Å². The predicted molar refractivity (Wildman–Crippen MR) is 79.5 cm³/mol. The molecule has 0 radical (unpaired) electrons. The van der Waals surface area contributed by atoms with Crippen molar-refractivity contribution in [3.8, 4) is 11.8 Å². The molecule has 1 atom stereocenters. The van der Waals surface area contributed by atoms with Gasteiger partial charge in [0, 0.05) is 0 Å². The minimum atomic E-state index is -2.06. The smallest absolute Gasteiger partial charge is 0.290 e. The van der Waals surface area contributed by atoms with Crippen molar-refractivity contribution >= 4 is 18.7 Å². The molecule has 17 heavy (non-hydrogen) atoms. The first-order valence-corrected chi connectivity index (χ1v) is 9.70. The first kappa shape index (κ1) is 16.8. The number of halogens is 1. The second-order valence-corrected chi connectivity index (χ2v) is 10.4. The molecular formula is C14H25ClOSi. The van der Waals surface area contributed by atoms with Gasteiger partial charge in [0.25, 0.3) is 7.63 Å². The molecule has 0 aliphatic carbocycles. The molecule has 0 rings (SSSR count). The number of hydrogen-bond donors (Lipinski definition) is 0. The Bertz CT molecular complexity index is 297. The Morgan fingerprint density at radius 2 is 1.88 bits per heavy atom. The zero-order chi connectivity index (χ0) is 13.5. The van der Waals surface area contributed by atoms with Crippen LogP contribution in [0, 0.1) is 17.8 Å². The second-order valence-electron chi connectivity index (χ2n) is 4.88. The van der Waals surface area contributed by atoms with Crippen molar-refractivity contribution in [2.24, 2.45) is 5.92 Å². The van der Waals surface area contributed by atoms with Crippen LogP contribution in [-0.4, -0.2) is 13.7 Å². The van der Waals surface area contributed by atoms with E-state index >= 15 is 0 Å². The zero-order valence-corrected chi connectivity index (χ0v) is 13.5. The lowest BCUT2D eigenvalue weighted by Crippen LogP contribution is -2.35. The summed E-state index contributed by atoms with van der Waals surface area (Å²) in [5, 5.41) is 0. The van der Waals surface area contributed by atoms with E-state index in [-0.39, 0.29) is 6.10 Å². The third-order valence-corrected chi connectivity index (χ3v) is 7.23. The van der Waals surface area contributed by atoms with Crippen molar-refractivity contribution in [2.45, 2.75) is 59.2 Å². The Hall–Kier alpha value is -0.233. The van der Waals surface area contributed by atoms with Crippen LogP contribution in [0.15, 0.2) is 12.2 Å². The van der Waals surface area contributed by atoms with Crippen LogP contribution in [0.3, 0.4) is 0 Å². The first-order chi connectivity index (χ1) is 7.83. The van der Waals surface area contributed by atoms with Gasteiger partial charge in [-0.3, -0.25) is 0 Å². The molecule has 0 aromatic rings. The molecule has 0 aliphatic heterocycles. The number of allylic oxidation sites excluding steroid dienone is 1. The SMILES string of the molecule is C=C(C)C#CC(CC(C)C)O[Si](Cl)(CC)CC. The summed E-state index contributed by atoms with van der Waals surface area (Å²) < 4.78 is 6.09. The molecule has 0 fully saturated rings. The van der Waals surface area contributed by atoms with Crippen LogP contribution in [0.2, 0.25) is 12.1 Å². The van der Waals surface area contributed by atoms with Crippen LogP contribution in [0.5, 0.6) is 0 Å². The first-order valence-electron chi connectivity index (χ1n) is 6.36. The van der Waals surface area contributed by atoms with Crippen molar-refractivity contribution in [2.75, 3.05) is 0 Å². The lowest BCUT2D eigenvalue weighted by atomic mass is 10.1. The molecule has 0 saturated heterocycles. The van der Waals surface area contributed by atoms with Crippen molar-refractivity contribution in [1.29, 1.82) is 0 Å². The molecule has 0 amide bonds. The number of hydrogen-bond acceptors (Lipinski definition) is 1. The zero-order valence-electron chi connectivity index (χ0n) is 11.8. The van der Waals surface area contributed by atoms with Gasteiger partial charge in [-0.2, -0.15) is 0 Å². The van der Waals surface area contributed by atoms with E-state index in [1.807, 2.05) is 6.92 Å². The summed E-state index contributed by atoms with van der Waals surface area (Å²) in [7, 11) is -2.06. The third kappa shape index (κ3) is 7.65. The molecule has 0 aliphatic rings. The molecule has 3 heteroatoms. The van der Waals surface area contributed by atoms with Gasteiger partial charge >= 0.3 is 0 Å². The lowest BCUT2D eigenvalue weighted by molar-refractivity contribution is 0.223. The van der Waals surface area contributed by atoms with Gasteiger partial charge in [0.1, 0.15) is 6.10 Å². The molecule has 0 spiro atoms. The maximum Gasteiger partial charge on any atom is 0.290 e. The Morgan fingerprint density at radius 3 is 2.24 bits per heavy atom. The van der Waals surface area contributed by atoms with E-state index in [4.69, 9.17) is 15.5 Å². The summed E-state index contributed by atoms with van der Waals surface area (Å²) in [5.41, 5.74) is 0.872. The van der Waals surface area contributed by atoms with E-state index in [0.717, 1.165) is 24.1 Å². The van der Waals surface area contributed by atoms with Crippen LogP contribution in [0.4, 0.5) is 0 Å². The van der Waals surface area contributed by atoms with Gasteiger partial charge in [-0.05, 0) is 36.9 Å². The quantitative estimate of drug-likeness (QED) is 0.386. The summed E-state index contributed by atoms with van der Waals surface area (Å²) >= 11 is 6.53. The molecule has 98 valence electrons. The molecular weight excluding hydrogens is 248 g/mol. The van der Waals surface area contributed by atoms with Crippen molar-refractivity contribution in [3.05, 3.63) is 12.2 Å². The summed E-state index contributed by atoms with van der Waals surface area (Å²) in [6, 6.07) is 1.85. The number of rotatable bonds is 6. The van der Waals surface area contributed by atoms with Crippen molar-refractivity contribution < 1.29 is 4.43 Å². The predicted octanol–water partition coefficient (Wildman–Crippen LogP) is 4.72. The summed E-state index contributed by atoms with van der Waals surface area (Å²) in [4.78, 5) is 0. The van der Waals surface area contributed by atoms with Crippen LogP contribution in [0.1, 0.15) is 41.0 Å². The van der Waals surface area contributed by atoms with Gasteiger partial charge < -0.3 is 4.43 Å². The van der Waals surface area contributed by atoms with E-state index in [9.17, 15) is 0 Å². The Balaban J connectivity index is 4.71. The molecule has 0 aromatic heterocycles. The summed E-state index contributed by atoms with van der Waals surface area (Å²) in [6.07, 6.45) is 0.887. The molecule has 1 nitrogen and oxygen atoms in total. The lowest BCUT2D eigenvalue weighted by Gasteiger charge is -2.26. The second kappa shape index (κ2) is 7.97. The highest BCUT2D eigenvalue weighted by Crippen LogP contribution is 2.25.